The zero-order valence-corrected chi connectivity index (χ0v) is 38.9. The second kappa shape index (κ2) is 17.9. The summed E-state index contributed by atoms with van der Waals surface area (Å²) in [5, 5.41) is 6.33. The first-order chi connectivity index (χ1) is 35.3. The van der Waals surface area contributed by atoms with Gasteiger partial charge in [0, 0.05) is 54.6 Å². The fourth-order valence-electron chi connectivity index (χ4n) is 10.7. The maximum atomic E-state index is 7.31. The lowest BCUT2D eigenvalue weighted by molar-refractivity contribution is 0.676. The first kappa shape index (κ1) is 41.7. The Morgan fingerprint density at radius 1 is 0.197 bits per heavy atom. The van der Waals surface area contributed by atoms with Crippen molar-refractivity contribution in [3.8, 4) is 44.5 Å². The van der Waals surface area contributed by atoms with E-state index in [4.69, 9.17) is 4.42 Å². The first-order valence-electron chi connectivity index (χ1n) is 24.3. The Balaban J connectivity index is 1.14. The Labute approximate surface area is 413 Å². The SMILES string of the molecule is c1ccc(-c2ccccc2N(c2ccccc2-c2ccccc2)c2cc3c4cc(N(c5ccccc5-c5ccccc5)c5ccccc5-c5ccccc5)c5ccccc5c4oc3c3ccccc23)cc1. The molecule has 13 rings (SSSR count). The van der Waals surface area contributed by atoms with Crippen LogP contribution in [0.3, 0.4) is 0 Å². The quantitative estimate of drug-likeness (QED) is 0.136. The molecule has 0 N–H and O–H groups in total. The van der Waals surface area contributed by atoms with Crippen LogP contribution in [0.4, 0.5) is 34.1 Å². The third-order valence-electron chi connectivity index (χ3n) is 13.8. The standard InChI is InChI=1S/C68H46N2O/c1-5-25-47(26-6-1)51-33-17-21-41-61(51)69(62-42-22-18-34-52(62)48-27-7-2-8-28-48)65-45-59-60-46-66(56-38-14-16-40-58(56)68(60)71-67(59)57-39-15-13-37-55(57)65)70(63-43-23-19-35-53(63)49-29-9-3-10-30-49)64-44-24-20-36-54(64)50-31-11-4-12-32-50/h1-46H. The number of fused-ring (bicyclic) bond motifs is 7. The Bertz CT molecular complexity index is 3620. The fourth-order valence-corrected chi connectivity index (χ4v) is 10.7. The molecule has 3 heteroatoms. The number of hydrogen-bond acceptors (Lipinski definition) is 3. The van der Waals surface area contributed by atoms with Crippen LogP contribution in [0.5, 0.6) is 0 Å². The lowest BCUT2D eigenvalue weighted by Gasteiger charge is -2.31. The van der Waals surface area contributed by atoms with Crippen molar-refractivity contribution in [3.63, 3.8) is 0 Å². The summed E-state index contributed by atoms with van der Waals surface area (Å²) >= 11 is 0. The zero-order valence-electron chi connectivity index (χ0n) is 38.9. The summed E-state index contributed by atoms with van der Waals surface area (Å²) in [6, 6.07) is 100. The van der Waals surface area contributed by atoms with Crippen LogP contribution in [-0.4, -0.2) is 0 Å². The van der Waals surface area contributed by atoms with Crippen LogP contribution >= 0.6 is 0 Å². The molecule has 71 heavy (non-hydrogen) atoms. The molecular weight excluding hydrogens is 861 g/mol. The molecule has 1 aromatic heterocycles. The van der Waals surface area contributed by atoms with Crippen molar-refractivity contribution in [2.75, 3.05) is 9.80 Å². The van der Waals surface area contributed by atoms with E-state index in [0.29, 0.717) is 0 Å². The minimum absolute atomic E-state index is 0.857. The van der Waals surface area contributed by atoms with E-state index >= 15 is 0 Å². The van der Waals surface area contributed by atoms with Crippen LogP contribution in [0.25, 0.3) is 88.0 Å². The van der Waals surface area contributed by atoms with Crippen LogP contribution in [0.15, 0.2) is 283 Å². The van der Waals surface area contributed by atoms with E-state index in [9.17, 15) is 0 Å². The largest absolute Gasteiger partial charge is 0.455 e. The van der Waals surface area contributed by atoms with Crippen molar-refractivity contribution in [2.24, 2.45) is 0 Å². The van der Waals surface area contributed by atoms with Gasteiger partial charge in [0.25, 0.3) is 0 Å². The summed E-state index contributed by atoms with van der Waals surface area (Å²) < 4.78 is 7.31. The molecule has 0 fully saturated rings. The molecule has 13 aromatic rings. The normalized spacial score (nSPS) is 11.4. The molecule has 0 atom stereocenters. The molecule has 12 aromatic carbocycles. The van der Waals surface area contributed by atoms with E-state index in [2.05, 4.69) is 289 Å². The van der Waals surface area contributed by atoms with E-state index < -0.39 is 0 Å². The minimum Gasteiger partial charge on any atom is -0.455 e. The van der Waals surface area contributed by atoms with Crippen LogP contribution in [0.1, 0.15) is 0 Å². The van der Waals surface area contributed by atoms with Gasteiger partial charge in [-0.15, -0.1) is 0 Å². The van der Waals surface area contributed by atoms with Crippen molar-refractivity contribution < 1.29 is 4.42 Å². The lowest BCUT2D eigenvalue weighted by atomic mass is 9.95. The number of nitrogens with zero attached hydrogens (tertiary/aromatic N) is 2. The van der Waals surface area contributed by atoms with E-state index in [-0.39, 0.29) is 0 Å². The van der Waals surface area contributed by atoms with Gasteiger partial charge in [0.1, 0.15) is 11.2 Å². The second-order valence-corrected chi connectivity index (χ2v) is 17.9. The second-order valence-electron chi connectivity index (χ2n) is 17.9. The van der Waals surface area contributed by atoms with Crippen LogP contribution in [-0.2, 0) is 0 Å². The molecule has 0 aliphatic heterocycles. The van der Waals surface area contributed by atoms with Gasteiger partial charge in [0.15, 0.2) is 0 Å². The van der Waals surface area contributed by atoms with Gasteiger partial charge < -0.3 is 14.2 Å². The van der Waals surface area contributed by atoms with Crippen LogP contribution in [0.2, 0.25) is 0 Å². The minimum atomic E-state index is 0.857. The molecule has 3 nitrogen and oxygen atoms in total. The molecule has 0 aliphatic rings. The van der Waals surface area contributed by atoms with Gasteiger partial charge in [0.2, 0.25) is 0 Å². The first-order valence-corrected chi connectivity index (χ1v) is 24.3. The van der Waals surface area contributed by atoms with Gasteiger partial charge in [-0.3, -0.25) is 0 Å². The van der Waals surface area contributed by atoms with E-state index in [1.54, 1.807) is 0 Å². The summed E-state index contributed by atoms with van der Waals surface area (Å²) in [5.41, 5.74) is 17.2. The summed E-state index contributed by atoms with van der Waals surface area (Å²) in [6.45, 7) is 0. The fraction of sp³-hybridized carbons (Fsp3) is 0. The van der Waals surface area contributed by atoms with Crippen molar-refractivity contribution in [1.29, 1.82) is 0 Å². The number of para-hydroxylation sites is 4. The van der Waals surface area contributed by atoms with E-state index in [0.717, 1.165) is 122 Å². The molecular formula is C68H46N2O. The van der Waals surface area contributed by atoms with Gasteiger partial charge >= 0.3 is 0 Å². The Morgan fingerprint density at radius 2 is 0.437 bits per heavy atom. The van der Waals surface area contributed by atoms with Crippen molar-refractivity contribution >= 4 is 77.6 Å². The highest BCUT2D eigenvalue weighted by Crippen LogP contribution is 2.52. The van der Waals surface area contributed by atoms with Gasteiger partial charge in [-0.05, 0) is 58.7 Å². The topological polar surface area (TPSA) is 19.6 Å². The van der Waals surface area contributed by atoms with Gasteiger partial charge in [0.05, 0.1) is 34.1 Å². The predicted molar refractivity (Wildman–Crippen MR) is 300 cm³/mol. The molecule has 334 valence electrons. The van der Waals surface area contributed by atoms with E-state index in [1.165, 1.54) is 0 Å². The van der Waals surface area contributed by atoms with Crippen molar-refractivity contribution in [3.05, 3.63) is 279 Å². The van der Waals surface area contributed by atoms with Gasteiger partial charge in [-0.2, -0.15) is 0 Å². The average Bonchev–Trinajstić information content (AvgIpc) is 3.84. The van der Waals surface area contributed by atoms with Crippen LogP contribution in [0, 0.1) is 0 Å². The van der Waals surface area contributed by atoms with Crippen molar-refractivity contribution in [1.82, 2.24) is 0 Å². The molecule has 0 aliphatic carbocycles. The Morgan fingerprint density at radius 3 is 0.732 bits per heavy atom. The number of hydrogen-bond donors (Lipinski definition) is 0. The third-order valence-corrected chi connectivity index (χ3v) is 13.8. The maximum absolute atomic E-state index is 7.31. The Kier molecular flexibility index (Phi) is 10.5. The monoisotopic (exact) mass is 906 g/mol. The number of benzene rings is 12. The summed E-state index contributed by atoms with van der Waals surface area (Å²) in [5.74, 6) is 0. The molecule has 0 radical (unpaired) electrons. The number of anilines is 6. The predicted octanol–water partition coefficient (Wildman–Crippen LogP) is 19.5. The molecule has 0 amide bonds. The zero-order chi connectivity index (χ0) is 47.1. The molecule has 1 heterocycles. The van der Waals surface area contributed by atoms with Gasteiger partial charge in [-0.25, -0.2) is 0 Å². The van der Waals surface area contributed by atoms with Crippen molar-refractivity contribution in [2.45, 2.75) is 0 Å². The van der Waals surface area contributed by atoms with E-state index in [1.807, 2.05) is 0 Å². The third kappa shape index (κ3) is 7.31. The lowest BCUT2D eigenvalue weighted by Crippen LogP contribution is -2.13. The highest BCUT2D eigenvalue weighted by atomic mass is 16.3. The smallest absolute Gasteiger partial charge is 0.143 e. The highest BCUT2D eigenvalue weighted by molar-refractivity contribution is 6.26. The molecule has 0 saturated carbocycles. The Hall–Kier alpha value is -9.44. The molecule has 0 spiro atoms. The summed E-state index contributed by atoms with van der Waals surface area (Å²) in [6.07, 6.45) is 0. The van der Waals surface area contributed by atoms with Gasteiger partial charge in [-0.1, -0.05) is 243 Å². The summed E-state index contributed by atoms with van der Waals surface area (Å²) in [7, 11) is 0. The number of furan rings is 1. The molecule has 0 saturated heterocycles. The summed E-state index contributed by atoms with van der Waals surface area (Å²) in [4.78, 5) is 4.96. The van der Waals surface area contributed by atoms with Crippen LogP contribution < -0.4 is 9.80 Å². The maximum Gasteiger partial charge on any atom is 0.143 e. The molecule has 0 unspecified atom stereocenters. The number of rotatable bonds is 10. The average molecular weight is 907 g/mol. The molecule has 0 bridgehead atoms. The highest BCUT2D eigenvalue weighted by Gasteiger charge is 2.28.